The zero-order chi connectivity index (χ0) is 18.4. The van der Waals surface area contributed by atoms with Gasteiger partial charge in [-0.1, -0.05) is 44.2 Å². The first-order valence-electron chi connectivity index (χ1n) is 9.10. The third-order valence-corrected chi connectivity index (χ3v) is 5.50. The third-order valence-electron chi connectivity index (χ3n) is 5.50. The van der Waals surface area contributed by atoms with Gasteiger partial charge < -0.3 is 9.67 Å². The second-order valence-electron chi connectivity index (χ2n) is 7.51. The van der Waals surface area contributed by atoms with Gasteiger partial charge in [0.25, 0.3) is 0 Å². The Morgan fingerprint density at radius 3 is 2.54 bits per heavy atom. The molecule has 132 valence electrons. The summed E-state index contributed by atoms with van der Waals surface area (Å²) in [6, 6.07) is 16.3. The average molecular weight is 345 g/mol. The van der Waals surface area contributed by atoms with Gasteiger partial charge >= 0.3 is 5.97 Å². The van der Waals surface area contributed by atoms with E-state index in [1.54, 1.807) is 6.07 Å². The lowest BCUT2D eigenvalue weighted by Gasteiger charge is -2.32. The fourth-order valence-corrected chi connectivity index (χ4v) is 4.19. The Hall–Kier alpha value is -2.81. The maximum absolute atomic E-state index is 11.6. The Balaban J connectivity index is 2.00. The number of benzene rings is 2. The van der Waals surface area contributed by atoms with Crippen LogP contribution < -0.4 is 0 Å². The summed E-state index contributed by atoms with van der Waals surface area (Å²) < 4.78 is 2.34. The van der Waals surface area contributed by atoms with Crippen LogP contribution in [0, 0.1) is 12.8 Å². The molecule has 0 amide bonds. The minimum Gasteiger partial charge on any atom is -0.478 e. The van der Waals surface area contributed by atoms with Crippen LogP contribution >= 0.6 is 0 Å². The predicted molar refractivity (Wildman–Crippen MR) is 105 cm³/mol. The Labute approximate surface area is 153 Å². The van der Waals surface area contributed by atoms with Crippen molar-refractivity contribution in [1.82, 2.24) is 4.57 Å². The molecule has 26 heavy (non-hydrogen) atoms. The Kier molecular flexibility index (Phi) is 3.95. The molecule has 1 atom stereocenters. The lowest BCUT2D eigenvalue weighted by molar-refractivity contribution is 0.0696. The van der Waals surface area contributed by atoms with Crippen LogP contribution in [0.4, 0.5) is 0 Å². The number of carboxylic acid groups (broad SMARTS) is 1. The first-order chi connectivity index (χ1) is 12.5. The van der Waals surface area contributed by atoms with Gasteiger partial charge in [-0.2, -0.15) is 0 Å². The number of rotatable bonds is 3. The zero-order valence-electron chi connectivity index (χ0n) is 15.4. The first-order valence-corrected chi connectivity index (χ1v) is 9.10. The molecule has 3 aromatic rings. The molecule has 0 unspecified atom stereocenters. The van der Waals surface area contributed by atoms with Crippen LogP contribution in [0.2, 0.25) is 0 Å². The van der Waals surface area contributed by atoms with E-state index in [1.165, 1.54) is 27.9 Å². The molecule has 1 aromatic heterocycles. The minimum absolute atomic E-state index is 0.312. The summed E-state index contributed by atoms with van der Waals surface area (Å²) in [5.41, 5.74) is 7.38. The predicted octanol–water partition coefficient (Wildman–Crippen LogP) is 5.58. The van der Waals surface area contributed by atoms with E-state index in [-0.39, 0.29) is 0 Å². The van der Waals surface area contributed by atoms with Gasteiger partial charge in [0.05, 0.1) is 11.3 Å². The molecule has 3 heteroatoms. The van der Waals surface area contributed by atoms with E-state index < -0.39 is 5.97 Å². The molecule has 0 bridgehead atoms. The number of aryl methyl sites for hydroxylation is 1. The van der Waals surface area contributed by atoms with Crippen LogP contribution in [0.3, 0.4) is 0 Å². The number of fused-ring (bicyclic) bond motifs is 3. The van der Waals surface area contributed by atoms with E-state index in [1.807, 2.05) is 19.1 Å². The first kappa shape index (κ1) is 16.6. The molecule has 2 heterocycles. The van der Waals surface area contributed by atoms with Crippen molar-refractivity contribution in [2.45, 2.75) is 33.2 Å². The van der Waals surface area contributed by atoms with E-state index in [4.69, 9.17) is 0 Å². The molecular formula is C23H23NO2. The Morgan fingerprint density at radius 2 is 1.88 bits per heavy atom. The van der Waals surface area contributed by atoms with E-state index in [2.05, 4.69) is 54.9 Å². The van der Waals surface area contributed by atoms with Gasteiger partial charge in [-0.05, 0) is 47.7 Å². The highest BCUT2D eigenvalue weighted by Crippen LogP contribution is 2.46. The van der Waals surface area contributed by atoms with Crippen molar-refractivity contribution in [2.24, 2.45) is 5.92 Å². The van der Waals surface area contributed by atoms with Gasteiger partial charge in [-0.25, -0.2) is 4.79 Å². The normalized spacial score (nSPS) is 15.6. The molecule has 0 radical (unpaired) electrons. The molecule has 2 aromatic carbocycles. The molecular weight excluding hydrogens is 322 g/mol. The van der Waals surface area contributed by atoms with Crippen molar-refractivity contribution in [3.63, 3.8) is 0 Å². The SMILES string of the molecule is Cc1cc(C(=O)O)cc2c1-c1c(-c3ccccc3)ccn1C[C@H]2C(C)C. The fraction of sp³-hybridized carbons (Fsp3) is 0.261. The van der Waals surface area contributed by atoms with Gasteiger partial charge in [0.2, 0.25) is 0 Å². The monoisotopic (exact) mass is 345 g/mol. The van der Waals surface area contributed by atoms with E-state index in [0.29, 0.717) is 17.4 Å². The molecule has 1 aliphatic rings. The smallest absolute Gasteiger partial charge is 0.335 e. The molecule has 0 spiro atoms. The molecule has 0 saturated carbocycles. The molecule has 3 nitrogen and oxygen atoms in total. The van der Waals surface area contributed by atoms with Crippen LogP contribution in [-0.4, -0.2) is 15.6 Å². The summed E-state index contributed by atoms with van der Waals surface area (Å²) in [5.74, 6) is -0.109. The lowest BCUT2D eigenvalue weighted by Crippen LogP contribution is -2.22. The number of carbonyl (C=O) groups is 1. The quantitative estimate of drug-likeness (QED) is 0.673. The van der Waals surface area contributed by atoms with Gasteiger partial charge in [0, 0.05) is 29.8 Å². The van der Waals surface area contributed by atoms with Crippen molar-refractivity contribution >= 4 is 5.97 Å². The van der Waals surface area contributed by atoms with Crippen LogP contribution in [-0.2, 0) is 6.54 Å². The summed E-state index contributed by atoms with van der Waals surface area (Å²) >= 11 is 0. The van der Waals surface area contributed by atoms with Crippen molar-refractivity contribution in [3.8, 4) is 22.4 Å². The van der Waals surface area contributed by atoms with E-state index in [9.17, 15) is 9.90 Å². The van der Waals surface area contributed by atoms with Crippen molar-refractivity contribution in [1.29, 1.82) is 0 Å². The summed E-state index contributed by atoms with van der Waals surface area (Å²) in [6.45, 7) is 7.34. The lowest BCUT2D eigenvalue weighted by atomic mass is 9.79. The minimum atomic E-state index is -0.859. The molecule has 1 aliphatic heterocycles. The van der Waals surface area contributed by atoms with Gasteiger partial charge in [0.1, 0.15) is 0 Å². The van der Waals surface area contributed by atoms with Crippen molar-refractivity contribution in [2.75, 3.05) is 0 Å². The Morgan fingerprint density at radius 1 is 1.15 bits per heavy atom. The zero-order valence-corrected chi connectivity index (χ0v) is 15.4. The number of hydrogen-bond acceptors (Lipinski definition) is 1. The van der Waals surface area contributed by atoms with Gasteiger partial charge in [0.15, 0.2) is 0 Å². The molecule has 0 aliphatic carbocycles. The van der Waals surface area contributed by atoms with Crippen LogP contribution in [0.5, 0.6) is 0 Å². The van der Waals surface area contributed by atoms with Crippen LogP contribution in [0.1, 0.15) is 41.3 Å². The average Bonchev–Trinajstić information content (AvgIpc) is 3.05. The highest BCUT2D eigenvalue weighted by atomic mass is 16.4. The second kappa shape index (κ2) is 6.17. The Bertz CT molecular complexity index is 983. The maximum Gasteiger partial charge on any atom is 0.335 e. The van der Waals surface area contributed by atoms with E-state index in [0.717, 1.165) is 12.1 Å². The number of carboxylic acids is 1. The molecule has 1 N–H and O–H groups in total. The highest BCUT2D eigenvalue weighted by molar-refractivity contribution is 5.92. The summed E-state index contributed by atoms with van der Waals surface area (Å²) in [4.78, 5) is 11.6. The molecule has 0 saturated heterocycles. The second-order valence-corrected chi connectivity index (χ2v) is 7.51. The van der Waals surface area contributed by atoms with E-state index >= 15 is 0 Å². The standard InChI is InChI=1S/C23H23NO2/c1-14(2)20-13-24-10-9-18(16-7-5-4-6-8-16)22(24)21-15(3)11-17(23(25)26)12-19(20)21/h4-12,14,20H,13H2,1-3H3,(H,25,26)/t20-/m0/s1. The van der Waals surface area contributed by atoms with Gasteiger partial charge in [-0.3, -0.25) is 0 Å². The number of aromatic nitrogens is 1. The van der Waals surface area contributed by atoms with Crippen LogP contribution in [0.15, 0.2) is 54.7 Å². The molecule has 0 fully saturated rings. The number of hydrogen-bond donors (Lipinski definition) is 1. The third kappa shape index (κ3) is 2.55. The summed E-state index contributed by atoms with van der Waals surface area (Å²) in [5, 5.41) is 9.52. The topological polar surface area (TPSA) is 42.2 Å². The van der Waals surface area contributed by atoms with Crippen molar-refractivity contribution < 1.29 is 9.90 Å². The largest absolute Gasteiger partial charge is 0.478 e. The summed E-state index contributed by atoms with van der Waals surface area (Å²) in [7, 11) is 0. The highest BCUT2D eigenvalue weighted by Gasteiger charge is 2.31. The maximum atomic E-state index is 11.6. The van der Waals surface area contributed by atoms with Crippen LogP contribution in [0.25, 0.3) is 22.4 Å². The molecule has 4 rings (SSSR count). The van der Waals surface area contributed by atoms with Gasteiger partial charge in [-0.15, -0.1) is 0 Å². The number of aromatic carboxylic acids is 1. The van der Waals surface area contributed by atoms with Crippen molar-refractivity contribution in [3.05, 3.63) is 71.4 Å². The summed E-state index contributed by atoms with van der Waals surface area (Å²) in [6.07, 6.45) is 2.17. The number of nitrogens with zero attached hydrogens (tertiary/aromatic N) is 1. The fourth-order valence-electron chi connectivity index (χ4n) is 4.19.